The van der Waals surface area contributed by atoms with Crippen molar-refractivity contribution in [2.24, 2.45) is 0 Å². The number of rotatable bonds is 3. The van der Waals surface area contributed by atoms with Crippen LogP contribution in [0.2, 0.25) is 0 Å². The zero-order valence-corrected chi connectivity index (χ0v) is 18.5. The fourth-order valence-electron chi connectivity index (χ4n) is 5.91. The summed E-state index contributed by atoms with van der Waals surface area (Å²) < 4.78 is 20.9. The third-order valence-corrected chi connectivity index (χ3v) is 7.64. The Bertz CT molecular complexity index is 1150. The quantitative estimate of drug-likeness (QED) is 0.742. The molecule has 1 amide bonds. The van der Waals surface area contributed by atoms with Gasteiger partial charge in [0, 0.05) is 31.8 Å². The van der Waals surface area contributed by atoms with E-state index >= 15 is 4.39 Å². The molecule has 4 aliphatic heterocycles. The van der Waals surface area contributed by atoms with Gasteiger partial charge in [0.2, 0.25) is 11.9 Å². The molecular formula is C24H28FN5O3. The Kier molecular flexibility index (Phi) is 4.90. The SMILES string of the molecule is O=C1N(CC2CCCO2)c2cccc(F)c2C12CCN(c1nc3c(c(=O)[nH]1)CCCN3)CC2. The highest BCUT2D eigenvalue weighted by atomic mass is 19.1. The van der Waals surface area contributed by atoms with Gasteiger partial charge in [-0.15, -0.1) is 0 Å². The number of halogens is 1. The summed E-state index contributed by atoms with van der Waals surface area (Å²) in [4.78, 5) is 37.6. The van der Waals surface area contributed by atoms with Gasteiger partial charge in [-0.2, -0.15) is 4.98 Å². The van der Waals surface area contributed by atoms with E-state index < -0.39 is 5.41 Å². The first-order valence-corrected chi connectivity index (χ1v) is 11.9. The molecule has 0 radical (unpaired) electrons. The van der Waals surface area contributed by atoms with Gasteiger partial charge in [0.25, 0.3) is 5.56 Å². The van der Waals surface area contributed by atoms with Crippen molar-refractivity contribution in [2.45, 2.75) is 50.0 Å². The van der Waals surface area contributed by atoms with Crippen molar-refractivity contribution < 1.29 is 13.9 Å². The summed E-state index contributed by atoms with van der Waals surface area (Å²) >= 11 is 0. The number of piperidine rings is 1. The number of nitrogens with zero attached hydrogens (tertiary/aromatic N) is 3. The van der Waals surface area contributed by atoms with E-state index in [2.05, 4.69) is 15.3 Å². The van der Waals surface area contributed by atoms with Crippen molar-refractivity contribution in [2.75, 3.05) is 47.9 Å². The maximum absolute atomic E-state index is 15.2. The van der Waals surface area contributed by atoms with Crippen LogP contribution in [0.25, 0.3) is 0 Å². The Morgan fingerprint density at radius 1 is 1.21 bits per heavy atom. The molecule has 1 unspecified atom stereocenters. The summed E-state index contributed by atoms with van der Waals surface area (Å²) in [6, 6.07) is 4.97. The van der Waals surface area contributed by atoms with E-state index in [1.807, 2.05) is 11.0 Å². The monoisotopic (exact) mass is 453 g/mol. The molecule has 174 valence electrons. The van der Waals surface area contributed by atoms with E-state index in [9.17, 15) is 9.59 Å². The highest BCUT2D eigenvalue weighted by Crippen LogP contribution is 2.49. The van der Waals surface area contributed by atoms with Crippen molar-refractivity contribution in [3.05, 3.63) is 45.5 Å². The number of hydrogen-bond acceptors (Lipinski definition) is 6. The molecule has 2 fully saturated rings. The molecule has 6 rings (SSSR count). The summed E-state index contributed by atoms with van der Waals surface area (Å²) in [6.45, 7) is 3.00. The van der Waals surface area contributed by atoms with Crippen LogP contribution in [0.15, 0.2) is 23.0 Å². The fourth-order valence-corrected chi connectivity index (χ4v) is 5.91. The average molecular weight is 454 g/mol. The second kappa shape index (κ2) is 7.83. The predicted molar refractivity (Wildman–Crippen MR) is 123 cm³/mol. The third-order valence-electron chi connectivity index (χ3n) is 7.64. The lowest BCUT2D eigenvalue weighted by Crippen LogP contribution is -2.50. The number of carbonyl (C=O) groups is 1. The lowest BCUT2D eigenvalue weighted by Gasteiger charge is -2.39. The van der Waals surface area contributed by atoms with Crippen LogP contribution in [-0.2, 0) is 21.4 Å². The standard InChI is InChI=1S/C24H28FN5O3/c25-17-6-1-7-18-19(17)24(22(32)30(18)14-15-4-3-13-33-15)8-11-29(12-9-24)23-27-20-16(21(31)28-23)5-2-10-26-20/h1,6-7,15H,2-5,8-14H2,(H2,26,27,28,31). The molecule has 1 aromatic carbocycles. The van der Waals surface area contributed by atoms with Crippen molar-refractivity contribution in [3.8, 4) is 0 Å². The van der Waals surface area contributed by atoms with Crippen LogP contribution in [0.4, 0.5) is 21.8 Å². The largest absolute Gasteiger partial charge is 0.376 e. The van der Waals surface area contributed by atoms with Crippen LogP contribution in [-0.4, -0.2) is 54.8 Å². The maximum atomic E-state index is 15.2. The van der Waals surface area contributed by atoms with Gasteiger partial charge >= 0.3 is 0 Å². The molecule has 5 heterocycles. The molecule has 9 heteroatoms. The van der Waals surface area contributed by atoms with E-state index in [1.165, 1.54) is 6.07 Å². The van der Waals surface area contributed by atoms with Gasteiger partial charge in [-0.1, -0.05) is 6.07 Å². The van der Waals surface area contributed by atoms with Crippen LogP contribution in [0.5, 0.6) is 0 Å². The number of benzene rings is 1. The molecule has 8 nitrogen and oxygen atoms in total. The zero-order chi connectivity index (χ0) is 22.6. The Labute approximate surface area is 191 Å². The number of nitrogens with one attached hydrogen (secondary N) is 2. The molecule has 1 aromatic heterocycles. The zero-order valence-electron chi connectivity index (χ0n) is 18.5. The van der Waals surface area contributed by atoms with Gasteiger partial charge in [0.15, 0.2) is 0 Å². The topological polar surface area (TPSA) is 90.6 Å². The first kappa shape index (κ1) is 20.7. The smallest absolute Gasteiger partial charge is 0.257 e. The maximum Gasteiger partial charge on any atom is 0.257 e. The van der Waals surface area contributed by atoms with Crippen molar-refractivity contribution in [1.82, 2.24) is 9.97 Å². The normalized spacial score (nSPS) is 23.5. The van der Waals surface area contributed by atoms with E-state index in [-0.39, 0.29) is 23.4 Å². The molecule has 1 spiro atoms. The fraction of sp³-hybridized carbons (Fsp3) is 0.542. The van der Waals surface area contributed by atoms with Crippen LogP contribution in [0.3, 0.4) is 0 Å². The Balaban J connectivity index is 1.29. The minimum atomic E-state index is -0.886. The highest BCUT2D eigenvalue weighted by molar-refractivity contribution is 6.08. The summed E-state index contributed by atoms with van der Waals surface area (Å²) in [6.07, 6.45) is 4.48. The summed E-state index contributed by atoms with van der Waals surface area (Å²) in [5.41, 5.74) is 0.890. The number of ether oxygens (including phenoxy) is 1. The minimum absolute atomic E-state index is 0.00224. The number of carbonyl (C=O) groups excluding carboxylic acids is 1. The van der Waals surface area contributed by atoms with Crippen LogP contribution >= 0.6 is 0 Å². The van der Waals surface area contributed by atoms with Crippen molar-refractivity contribution in [1.29, 1.82) is 0 Å². The minimum Gasteiger partial charge on any atom is -0.376 e. The Morgan fingerprint density at radius 3 is 2.85 bits per heavy atom. The number of aromatic amines is 1. The van der Waals surface area contributed by atoms with Gasteiger partial charge in [-0.25, -0.2) is 4.39 Å². The van der Waals surface area contributed by atoms with Crippen LogP contribution in [0, 0.1) is 5.82 Å². The number of hydrogen-bond donors (Lipinski definition) is 2. The predicted octanol–water partition coefficient (Wildman–Crippen LogP) is 2.33. The van der Waals surface area contributed by atoms with Crippen molar-refractivity contribution >= 4 is 23.4 Å². The summed E-state index contributed by atoms with van der Waals surface area (Å²) in [5.74, 6) is 0.801. The highest BCUT2D eigenvalue weighted by Gasteiger charge is 2.54. The number of anilines is 3. The molecular weight excluding hydrogens is 425 g/mol. The van der Waals surface area contributed by atoms with Gasteiger partial charge in [0.1, 0.15) is 11.6 Å². The molecule has 2 aromatic rings. The molecule has 1 atom stereocenters. The first-order chi connectivity index (χ1) is 16.1. The molecule has 0 saturated carbocycles. The van der Waals surface area contributed by atoms with Gasteiger partial charge in [-0.05, 0) is 50.7 Å². The van der Waals surface area contributed by atoms with E-state index in [0.29, 0.717) is 67.7 Å². The van der Waals surface area contributed by atoms with Crippen molar-refractivity contribution in [3.63, 3.8) is 0 Å². The molecule has 33 heavy (non-hydrogen) atoms. The Hall–Kier alpha value is -2.94. The molecule has 0 bridgehead atoms. The van der Waals surface area contributed by atoms with E-state index in [0.717, 1.165) is 32.2 Å². The number of aromatic nitrogens is 2. The van der Waals surface area contributed by atoms with Gasteiger partial charge in [-0.3, -0.25) is 14.6 Å². The van der Waals surface area contributed by atoms with Gasteiger partial charge in [0.05, 0.1) is 29.3 Å². The molecule has 2 saturated heterocycles. The number of H-pyrrole nitrogens is 1. The second-order valence-corrected chi connectivity index (χ2v) is 9.50. The molecule has 0 aliphatic carbocycles. The lowest BCUT2D eigenvalue weighted by molar-refractivity contribution is -0.124. The third kappa shape index (κ3) is 3.24. The first-order valence-electron chi connectivity index (χ1n) is 11.9. The van der Waals surface area contributed by atoms with Crippen LogP contribution in [0.1, 0.15) is 43.2 Å². The number of amides is 1. The summed E-state index contributed by atoms with van der Waals surface area (Å²) in [5, 5.41) is 3.22. The second-order valence-electron chi connectivity index (χ2n) is 9.50. The summed E-state index contributed by atoms with van der Waals surface area (Å²) in [7, 11) is 0. The average Bonchev–Trinajstić information content (AvgIpc) is 3.42. The van der Waals surface area contributed by atoms with Crippen LogP contribution < -0.4 is 20.7 Å². The number of fused-ring (bicyclic) bond motifs is 3. The van der Waals surface area contributed by atoms with E-state index in [4.69, 9.17) is 4.74 Å². The Morgan fingerprint density at radius 2 is 2.06 bits per heavy atom. The molecule has 2 N–H and O–H groups in total. The van der Waals surface area contributed by atoms with Gasteiger partial charge < -0.3 is 19.9 Å². The van der Waals surface area contributed by atoms with E-state index in [1.54, 1.807) is 11.0 Å². The lowest BCUT2D eigenvalue weighted by atomic mass is 9.73. The molecule has 4 aliphatic rings.